The number of hydrogen-bond donors (Lipinski definition) is 1. The molecule has 5 nitrogen and oxygen atoms in total. The largest absolute Gasteiger partial charge is 0.481 e. The second-order valence-electron chi connectivity index (χ2n) is 3.81. The van der Waals surface area contributed by atoms with E-state index in [2.05, 4.69) is 0 Å². The van der Waals surface area contributed by atoms with Gasteiger partial charge in [-0.25, -0.2) is 4.39 Å². The number of hydrogen-bond acceptors (Lipinski definition) is 3. The van der Waals surface area contributed by atoms with Crippen molar-refractivity contribution in [1.82, 2.24) is 0 Å². The number of aryl methyl sites for hydroxylation is 1. The van der Waals surface area contributed by atoms with Crippen LogP contribution in [0.3, 0.4) is 0 Å². The summed E-state index contributed by atoms with van der Waals surface area (Å²) in [6.45, 7) is 1.51. The third-order valence-electron chi connectivity index (χ3n) is 2.51. The molecule has 0 fully saturated rings. The zero-order valence-corrected chi connectivity index (χ0v) is 9.22. The molecule has 17 heavy (non-hydrogen) atoms. The monoisotopic (exact) mass is 241 g/mol. The maximum absolute atomic E-state index is 13.3. The van der Waals surface area contributed by atoms with Crippen LogP contribution in [0.2, 0.25) is 0 Å². The summed E-state index contributed by atoms with van der Waals surface area (Å²) in [5.41, 5.74) is -0.0170. The Balaban J connectivity index is 2.79. The molecule has 1 rings (SSSR count). The fourth-order valence-corrected chi connectivity index (χ4v) is 1.36. The van der Waals surface area contributed by atoms with E-state index in [4.69, 9.17) is 5.11 Å². The summed E-state index contributed by atoms with van der Waals surface area (Å²) in [7, 11) is 0. The number of nitro groups is 1. The Morgan fingerprint density at radius 2 is 2.24 bits per heavy atom. The number of benzene rings is 1. The first-order valence-electron chi connectivity index (χ1n) is 5.07. The molecule has 6 heteroatoms. The summed E-state index contributed by atoms with van der Waals surface area (Å²) in [6, 6.07) is 3.25. The number of carboxylic acids is 1. The quantitative estimate of drug-likeness (QED) is 0.634. The van der Waals surface area contributed by atoms with Gasteiger partial charge in [0.25, 0.3) is 5.69 Å². The first-order chi connectivity index (χ1) is 7.91. The van der Waals surface area contributed by atoms with E-state index in [1.54, 1.807) is 0 Å². The van der Waals surface area contributed by atoms with E-state index in [9.17, 15) is 19.3 Å². The molecular formula is C11H12FNO4. The lowest BCUT2D eigenvalue weighted by molar-refractivity contribution is -0.385. The van der Waals surface area contributed by atoms with Gasteiger partial charge in [0.15, 0.2) is 0 Å². The number of non-ortho nitro benzene ring substituents is 1. The van der Waals surface area contributed by atoms with Gasteiger partial charge < -0.3 is 5.11 Å². The minimum absolute atomic E-state index is 0.168. The molecule has 0 saturated heterocycles. The highest BCUT2D eigenvalue weighted by atomic mass is 19.1. The zero-order valence-electron chi connectivity index (χ0n) is 9.22. The first-order valence-corrected chi connectivity index (χ1v) is 5.07. The van der Waals surface area contributed by atoms with Gasteiger partial charge in [-0.3, -0.25) is 14.9 Å². The van der Waals surface area contributed by atoms with Gasteiger partial charge in [-0.15, -0.1) is 0 Å². The number of nitro benzene ring substituents is 1. The van der Waals surface area contributed by atoms with E-state index in [-0.39, 0.29) is 24.1 Å². The second kappa shape index (κ2) is 5.38. The molecule has 0 amide bonds. The number of nitrogens with zero attached hydrogens (tertiary/aromatic N) is 1. The van der Waals surface area contributed by atoms with Crippen LogP contribution in [0.25, 0.3) is 0 Å². The van der Waals surface area contributed by atoms with Crippen molar-refractivity contribution in [3.05, 3.63) is 39.7 Å². The van der Waals surface area contributed by atoms with Crippen LogP contribution in [0.1, 0.15) is 18.9 Å². The normalized spacial score (nSPS) is 12.1. The lowest BCUT2D eigenvalue weighted by Crippen LogP contribution is -2.10. The lowest BCUT2D eigenvalue weighted by Gasteiger charge is -2.06. The van der Waals surface area contributed by atoms with Gasteiger partial charge in [0.05, 0.1) is 10.8 Å². The van der Waals surface area contributed by atoms with Gasteiger partial charge in [0.2, 0.25) is 0 Å². The van der Waals surface area contributed by atoms with E-state index in [1.165, 1.54) is 6.92 Å². The fourth-order valence-electron chi connectivity index (χ4n) is 1.36. The number of carbonyl (C=O) groups is 1. The molecule has 0 spiro atoms. The maximum Gasteiger partial charge on any atom is 0.306 e. The van der Waals surface area contributed by atoms with Crippen molar-refractivity contribution in [1.29, 1.82) is 0 Å². The van der Waals surface area contributed by atoms with E-state index < -0.39 is 22.6 Å². The SMILES string of the molecule is CC(CCc1cc([N+](=O)[O-])ccc1F)C(=O)O. The van der Waals surface area contributed by atoms with Crippen LogP contribution in [0.4, 0.5) is 10.1 Å². The Morgan fingerprint density at radius 3 is 2.76 bits per heavy atom. The molecule has 0 aliphatic rings. The van der Waals surface area contributed by atoms with Crippen LogP contribution in [0, 0.1) is 21.8 Å². The van der Waals surface area contributed by atoms with Crippen LogP contribution in [0.15, 0.2) is 18.2 Å². The molecule has 1 unspecified atom stereocenters. The van der Waals surface area contributed by atoms with Crippen molar-refractivity contribution in [3.63, 3.8) is 0 Å². The van der Waals surface area contributed by atoms with Crippen molar-refractivity contribution in [2.24, 2.45) is 5.92 Å². The van der Waals surface area contributed by atoms with Crippen molar-refractivity contribution in [3.8, 4) is 0 Å². The fraction of sp³-hybridized carbons (Fsp3) is 0.364. The molecule has 0 aliphatic carbocycles. The van der Waals surface area contributed by atoms with E-state index in [0.29, 0.717) is 0 Å². The maximum atomic E-state index is 13.3. The Bertz CT molecular complexity index is 447. The molecule has 0 radical (unpaired) electrons. The number of rotatable bonds is 5. The summed E-state index contributed by atoms with van der Waals surface area (Å²) < 4.78 is 13.3. The van der Waals surface area contributed by atoms with Crippen LogP contribution < -0.4 is 0 Å². The molecule has 1 N–H and O–H groups in total. The molecule has 0 heterocycles. The van der Waals surface area contributed by atoms with Crippen molar-refractivity contribution >= 4 is 11.7 Å². The highest BCUT2D eigenvalue weighted by Crippen LogP contribution is 2.19. The molecular weight excluding hydrogens is 229 g/mol. The van der Waals surface area contributed by atoms with Crippen molar-refractivity contribution < 1.29 is 19.2 Å². The van der Waals surface area contributed by atoms with E-state index >= 15 is 0 Å². The number of carboxylic acid groups (broad SMARTS) is 1. The predicted molar refractivity (Wildman–Crippen MR) is 58.2 cm³/mol. The molecule has 0 bridgehead atoms. The molecule has 1 aromatic carbocycles. The summed E-state index contributed by atoms with van der Waals surface area (Å²) in [4.78, 5) is 20.5. The molecule has 1 atom stereocenters. The summed E-state index contributed by atoms with van der Waals surface area (Å²) in [5.74, 6) is -2.11. The molecule has 1 aromatic rings. The first kappa shape index (κ1) is 13.1. The smallest absolute Gasteiger partial charge is 0.306 e. The minimum atomic E-state index is -0.962. The Hall–Kier alpha value is -1.98. The Kier molecular flexibility index (Phi) is 4.14. The summed E-state index contributed by atoms with van der Waals surface area (Å²) in [6.07, 6.45) is 0.411. The van der Waals surface area contributed by atoms with E-state index in [0.717, 1.165) is 18.2 Å². The molecule has 92 valence electrons. The van der Waals surface area contributed by atoms with Gasteiger partial charge >= 0.3 is 5.97 Å². The molecule has 0 aromatic heterocycles. The average Bonchev–Trinajstić information content (AvgIpc) is 2.26. The van der Waals surface area contributed by atoms with Crippen molar-refractivity contribution in [2.45, 2.75) is 19.8 Å². The highest BCUT2D eigenvalue weighted by Gasteiger charge is 2.14. The average molecular weight is 241 g/mol. The summed E-state index contributed by atoms with van der Waals surface area (Å²) in [5, 5.41) is 19.2. The van der Waals surface area contributed by atoms with Gasteiger partial charge in [-0.05, 0) is 24.5 Å². The van der Waals surface area contributed by atoms with Gasteiger partial charge in [0.1, 0.15) is 5.82 Å². The van der Waals surface area contributed by atoms with E-state index in [1.807, 2.05) is 0 Å². The van der Waals surface area contributed by atoms with Crippen LogP contribution in [0.5, 0.6) is 0 Å². The summed E-state index contributed by atoms with van der Waals surface area (Å²) >= 11 is 0. The highest BCUT2D eigenvalue weighted by molar-refractivity contribution is 5.69. The standard InChI is InChI=1S/C11H12FNO4/c1-7(11(14)15)2-3-8-6-9(13(16)17)4-5-10(8)12/h4-7H,2-3H2,1H3,(H,14,15). The predicted octanol–water partition coefficient (Wildman–Crippen LogP) is 2.39. The van der Waals surface area contributed by atoms with Gasteiger partial charge in [0, 0.05) is 12.1 Å². The van der Waals surface area contributed by atoms with Gasteiger partial charge in [-0.1, -0.05) is 6.92 Å². The third kappa shape index (κ3) is 3.51. The Morgan fingerprint density at radius 1 is 1.59 bits per heavy atom. The van der Waals surface area contributed by atoms with Gasteiger partial charge in [-0.2, -0.15) is 0 Å². The topological polar surface area (TPSA) is 80.4 Å². The second-order valence-corrected chi connectivity index (χ2v) is 3.81. The Labute approximate surface area is 97.0 Å². The third-order valence-corrected chi connectivity index (χ3v) is 2.51. The van der Waals surface area contributed by atoms with Crippen LogP contribution in [-0.2, 0) is 11.2 Å². The lowest BCUT2D eigenvalue weighted by atomic mass is 10.0. The zero-order chi connectivity index (χ0) is 13.0. The van der Waals surface area contributed by atoms with Crippen molar-refractivity contribution in [2.75, 3.05) is 0 Å². The van der Waals surface area contributed by atoms with Crippen LogP contribution >= 0.6 is 0 Å². The molecule has 0 aliphatic heterocycles. The van der Waals surface area contributed by atoms with Crippen LogP contribution in [-0.4, -0.2) is 16.0 Å². The minimum Gasteiger partial charge on any atom is -0.481 e. The number of halogens is 1. The molecule has 0 saturated carbocycles. The number of aliphatic carboxylic acids is 1.